The van der Waals surface area contributed by atoms with Gasteiger partial charge in [-0.2, -0.15) is 0 Å². The minimum absolute atomic E-state index is 0.0157. The van der Waals surface area contributed by atoms with E-state index >= 15 is 0 Å². The van der Waals surface area contributed by atoms with E-state index in [-0.39, 0.29) is 23.4 Å². The van der Waals surface area contributed by atoms with Gasteiger partial charge in [0, 0.05) is 42.7 Å². The Kier molecular flexibility index (Phi) is 5.04. The van der Waals surface area contributed by atoms with Crippen molar-refractivity contribution >= 4 is 39.9 Å². The first-order valence-corrected chi connectivity index (χ1v) is 12.0. The third-order valence-corrected chi connectivity index (χ3v) is 8.36. The van der Waals surface area contributed by atoms with Gasteiger partial charge in [0.15, 0.2) is 5.96 Å². The molecule has 7 nitrogen and oxygen atoms in total. The molecule has 2 saturated heterocycles. The van der Waals surface area contributed by atoms with Crippen LogP contribution >= 0.6 is 11.6 Å². The number of hydrogen-bond acceptors (Lipinski definition) is 6. The van der Waals surface area contributed by atoms with Gasteiger partial charge in [0.1, 0.15) is 11.1 Å². The molecule has 29 heavy (non-hydrogen) atoms. The summed E-state index contributed by atoms with van der Waals surface area (Å²) < 4.78 is 12.6. The number of rotatable bonds is 3. The summed E-state index contributed by atoms with van der Waals surface area (Å²) in [6.07, 6.45) is 2.61. The van der Waals surface area contributed by atoms with Crippen LogP contribution in [0, 0.1) is 0 Å². The van der Waals surface area contributed by atoms with Gasteiger partial charge in [-0.15, -0.1) is 0 Å². The average molecular weight is 436 g/mol. The summed E-state index contributed by atoms with van der Waals surface area (Å²) >= 11 is 6.36. The second-order valence-electron chi connectivity index (χ2n) is 8.24. The number of anilines is 1. The molecular formula is C20H26ClN5O2S. The van der Waals surface area contributed by atoms with Crippen molar-refractivity contribution in [3.63, 3.8) is 0 Å². The highest BCUT2D eigenvalue weighted by atomic mass is 35.5. The van der Waals surface area contributed by atoms with Crippen molar-refractivity contribution in [2.24, 2.45) is 9.98 Å². The zero-order chi connectivity index (χ0) is 20.0. The highest BCUT2D eigenvalue weighted by molar-refractivity contribution is 7.86. The maximum absolute atomic E-state index is 12.6. The first-order valence-electron chi connectivity index (χ1n) is 10.3. The zero-order valence-corrected chi connectivity index (χ0v) is 17.8. The molecule has 156 valence electrons. The van der Waals surface area contributed by atoms with E-state index in [0.717, 1.165) is 67.9 Å². The number of halogens is 1. The minimum atomic E-state index is -0.955. The molecular weight excluding hydrogens is 410 g/mol. The minimum Gasteiger partial charge on any atom is -0.394 e. The van der Waals surface area contributed by atoms with Crippen molar-refractivity contribution in [2.75, 3.05) is 43.4 Å². The topological polar surface area (TPSA) is 80.5 Å². The van der Waals surface area contributed by atoms with E-state index in [1.807, 2.05) is 18.2 Å². The van der Waals surface area contributed by atoms with Crippen LogP contribution < -0.4 is 10.2 Å². The number of fused-ring (bicyclic) bond motifs is 1. The van der Waals surface area contributed by atoms with Crippen LogP contribution in [0.2, 0.25) is 5.02 Å². The molecule has 0 bridgehead atoms. The largest absolute Gasteiger partial charge is 0.394 e. The Bertz CT molecular complexity index is 879. The number of nitrogens with one attached hydrogen (secondary N) is 1. The van der Waals surface area contributed by atoms with E-state index in [0.29, 0.717) is 5.75 Å². The highest BCUT2D eigenvalue weighted by Crippen LogP contribution is 2.40. The van der Waals surface area contributed by atoms with Crippen molar-refractivity contribution < 1.29 is 9.32 Å². The molecule has 5 rings (SSSR count). The fourth-order valence-electron chi connectivity index (χ4n) is 4.33. The van der Waals surface area contributed by atoms with E-state index in [1.165, 1.54) is 0 Å². The smallest absolute Gasteiger partial charge is 0.199 e. The highest BCUT2D eigenvalue weighted by Gasteiger charge is 2.47. The number of benzene rings is 1. The zero-order valence-electron chi connectivity index (χ0n) is 16.3. The molecule has 1 aliphatic carbocycles. The predicted molar refractivity (Wildman–Crippen MR) is 117 cm³/mol. The van der Waals surface area contributed by atoms with E-state index in [2.05, 4.69) is 21.2 Å². The van der Waals surface area contributed by atoms with Gasteiger partial charge in [0.25, 0.3) is 0 Å². The van der Waals surface area contributed by atoms with Gasteiger partial charge in [0.05, 0.1) is 28.9 Å². The number of aliphatic hydroxyl groups excluding tert-OH is 1. The van der Waals surface area contributed by atoms with Gasteiger partial charge in [-0.1, -0.05) is 23.7 Å². The molecule has 0 spiro atoms. The first kappa shape index (κ1) is 19.3. The monoisotopic (exact) mass is 435 g/mol. The number of hydrogen-bond donors (Lipinski definition) is 2. The molecule has 1 aromatic carbocycles. The standard InChI is InChI=1S/C20H26ClN5O2S/c21-14-3-1-2-4-16(14)25-8-10-26(11-9-25)19-22-15-5-12-29(28)17(15)18(23-19)24-20(13-27)6-7-20/h1-4,15,17,27H,5-13H2,(H,22,23,24). The molecule has 3 heterocycles. The van der Waals surface area contributed by atoms with Crippen molar-refractivity contribution in [2.45, 2.75) is 36.1 Å². The molecule has 0 aromatic heterocycles. The summed E-state index contributed by atoms with van der Waals surface area (Å²) in [6.45, 7) is 3.42. The Balaban J connectivity index is 1.33. The van der Waals surface area contributed by atoms with Crippen molar-refractivity contribution in [1.29, 1.82) is 0 Å². The Labute approximate surface area is 178 Å². The van der Waals surface area contributed by atoms with Gasteiger partial charge in [-0.3, -0.25) is 9.20 Å². The number of para-hydroxylation sites is 1. The van der Waals surface area contributed by atoms with E-state index in [1.54, 1.807) is 0 Å². The molecule has 3 fully saturated rings. The summed E-state index contributed by atoms with van der Waals surface area (Å²) in [6, 6.07) is 7.96. The van der Waals surface area contributed by atoms with Crippen LogP contribution in [-0.2, 0) is 10.8 Å². The number of amidine groups is 1. The van der Waals surface area contributed by atoms with Crippen LogP contribution in [0.5, 0.6) is 0 Å². The van der Waals surface area contributed by atoms with E-state index < -0.39 is 10.8 Å². The lowest BCUT2D eigenvalue weighted by Gasteiger charge is -2.40. The van der Waals surface area contributed by atoms with Crippen LogP contribution in [0.3, 0.4) is 0 Å². The number of guanidine groups is 1. The molecule has 3 atom stereocenters. The van der Waals surface area contributed by atoms with E-state index in [9.17, 15) is 9.32 Å². The SMILES string of the molecule is O=S1CCC2N=C(N3CCN(c4ccccc4Cl)CC3)NC(=NC3(CO)CC3)C21. The predicted octanol–water partition coefficient (Wildman–Crippen LogP) is 1.23. The normalized spacial score (nSPS) is 32.0. The molecule has 3 unspecified atom stereocenters. The molecule has 3 aliphatic heterocycles. The van der Waals surface area contributed by atoms with Crippen molar-refractivity contribution in [3.8, 4) is 0 Å². The molecule has 0 radical (unpaired) electrons. The molecule has 1 aromatic rings. The number of piperazine rings is 1. The fourth-order valence-corrected chi connectivity index (χ4v) is 6.22. The summed E-state index contributed by atoms with van der Waals surface area (Å²) in [4.78, 5) is 14.3. The van der Waals surface area contributed by atoms with Gasteiger partial charge in [-0.25, -0.2) is 4.99 Å². The Morgan fingerprint density at radius 2 is 1.97 bits per heavy atom. The van der Waals surface area contributed by atoms with Crippen LogP contribution in [0.25, 0.3) is 0 Å². The van der Waals surface area contributed by atoms with Gasteiger partial charge < -0.3 is 20.2 Å². The summed E-state index contributed by atoms with van der Waals surface area (Å²) in [7, 11) is -0.955. The molecule has 1 saturated carbocycles. The van der Waals surface area contributed by atoms with Gasteiger partial charge >= 0.3 is 0 Å². The average Bonchev–Trinajstić information content (AvgIpc) is 3.42. The quantitative estimate of drug-likeness (QED) is 0.746. The third-order valence-electron chi connectivity index (χ3n) is 6.30. The molecule has 9 heteroatoms. The Morgan fingerprint density at radius 1 is 1.24 bits per heavy atom. The second kappa shape index (κ2) is 7.56. The van der Waals surface area contributed by atoms with Crippen LogP contribution in [-0.4, -0.2) is 81.4 Å². The van der Waals surface area contributed by atoms with E-state index in [4.69, 9.17) is 21.6 Å². The van der Waals surface area contributed by atoms with Crippen molar-refractivity contribution in [1.82, 2.24) is 10.2 Å². The lowest BCUT2D eigenvalue weighted by molar-refractivity contribution is 0.257. The first-order chi connectivity index (χ1) is 14.1. The van der Waals surface area contributed by atoms with Crippen LogP contribution in [0.15, 0.2) is 34.3 Å². The van der Waals surface area contributed by atoms with Crippen LogP contribution in [0.4, 0.5) is 5.69 Å². The van der Waals surface area contributed by atoms with Gasteiger partial charge in [0.2, 0.25) is 0 Å². The summed E-state index contributed by atoms with van der Waals surface area (Å²) in [5.41, 5.74) is 0.699. The Morgan fingerprint density at radius 3 is 2.66 bits per heavy atom. The molecule has 4 aliphatic rings. The lowest BCUT2D eigenvalue weighted by Crippen LogP contribution is -2.59. The maximum Gasteiger partial charge on any atom is 0.199 e. The van der Waals surface area contributed by atoms with Gasteiger partial charge in [-0.05, 0) is 31.4 Å². The fraction of sp³-hybridized carbons (Fsp3) is 0.600. The number of nitrogens with zero attached hydrogens (tertiary/aromatic N) is 4. The number of aliphatic hydroxyl groups is 1. The number of aliphatic imine (C=N–C) groups is 2. The van der Waals surface area contributed by atoms with Crippen LogP contribution in [0.1, 0.15) is 19.3 Å². The Hall–Kier alpha value is -1.64. The lowest BCUT2D eigenvalue weighted by atomic mass is 10.1. The molecule has 0 amide bonds. The molecule has 2 N–H and O–H groups in total. The summed E-state index contributed by atoms with van der Waals surface area (Å²) in [5, 5.41) is 13.7. The maximum atomic E-state index is 12.6. The second-order valence-corrected chi connectivity index (χ2v) is 10.3. The van der Waals surface area contributed by atoms with Crippen molar-refractivity contribution in [3.05, 3.63) is 29.3 Å². The third kappa shape index (κ3) is 3.66. The summed E-state index contributed by atoms with van der Waals surface area (Å²) in [5.74, 6) is 2.26.